The average molecular weight is 581 g/mol. The number of benzene rings is 2. The van der Waals surface area contributed by atoms with Crippen LogP contribution in [0.1, 0.15) is 83.6 Å². The molecule has 1 N–H and O–H groups in total. The highest BCUT2D eigenvalue weighted by Crippen LogP contribution is 2.57. The molecule has 0 saturated carbocycles. The molecule has 40 heavy (non-hydrogen) atoms. The minimum atomic E-state index is -1.43. The van der Waals surface area contributed by atoms with Crippen molar-refractivity contribution in [3.63, 3.8) is 0 Å². The molecule has 3 aromatic rings. The van der Waals surface area contributed by atoms with Gasteiger partial charge in [-0.3, -0.25) is 0 Å². The van der Waals surface area contributed by atoms with Gasteiger partial charge in [-0.15, -0.1) is 0 Å². The Morgan fingerprint density at radius 3 is 2.12 bits per heavy atom. The highest BCUT2D eigenvalue weighted by atomic mass is 32.3. The van der Waals surface area contributed by atoms with E-state index in [4.69, 9.17) is 14.7 Å². The lowest BCUT2D eigenvalue weighted by atomic mass is 9.96. The second-order valence-electron chi connectivity index (χ2n) is 11.0. The number of halogens is 4. The quantitative estimate of drug-likeness (QED) is 0.224. The van der Waals surface area contributed by atoms with Gasteiger partial charge in [0, 0.05) is 18.2 Å². The van der Waals surface area contributed by atoms with Crippen LogP contribution < -0.4 is 0 Å². The number of H-pyrrole nitrogens is 1. The second-order valence-corrected chi connectivity index (χ2v) is 16.1. The van der Waals surface area contributed by atoms with Crippen LogP contribution in [0.2, 0.25) is 0 Å². The summed E-state index contributed by atoms with van der Waals surface area (Å²) in [6.45, 7) is 14.6. The molecule has 0 amide bonds. The van der Waals surface area contributed by atoms with Gasteiger partial charge in [0.15, 0.2) is 17.9 Å². The third kappa shape index (κ3) is 6.50. The maximum atomic E-state index is 15.2. The van der Waals surface area contributed by atoms with Gasteiger partial charge in [-0.05, 0) is 65.0 Å². The van der Waals surface area contributed by atoms with E-state index in [1.165, 1.54) is 18.3 Å². The molecule has 0 aliphatic carbocycles. The predicted octanol–water partition coefficient (Wildman–Crippen LogP) is 8.87. The highest BCUT2D eigenvalue weighted by Gasteiger charge is 2.32. The lowest BCUT2D eigenvalue weighted by Gasteiger charge is -2.48. The van der Waals surface area contributed by atoms with E-state index in [0.717, 1.165) is 40.7 Å². The lowest BCUT2D eigenvalue weighted by Crippen LogP contribution is -2.27. The maximum absolute atomic E-state index is 15.2. The monoisotopic (exact) mass is 580 g/mol. The Labute approximate surface area is 236 Å². The Balaban J connectivity index is 0.000000342. The number of hydrogen-bond acceptors (Lipinski definition) is 3. The van der Waals surface area contributed by atoms with E-state index in [1.54, 1.807) is 6.07 Å². The Morgan fingerprint density at radius 2 is 1.60 bits per heavy atom. The third-order valence-electron chi connectivity index (χ3n) is 8.02. The first kappa shape index (κ1) is 32.0. The van der Waals surface area contributed by atoms with Crippen LogP contribution in [0.3, 0.4) is 0 Å². The molecule has 2 heterocycles. The molecule has 2 unspecified atom stereocenters. The topological polar surface area (TPSA) is 58.0 Å². The summed E-state index contributed by atoms with van der Waals surface area (Å²) in [4.78, 5) is 2.47. The van der Waals surface area contributed by atoms with Crippen molar-refractivity contribution in [3.05, 3.63) is 70.4 Å². The molecule has 1 saturated heterocycles. The molecule has 1 aliphatic heterocycles. The van der Waals surface area contributed by atoms with Gasteiger partial charge in [-0.2, -0.15) is 5.26 Å². The molecule has 9 heteroatoms. The molecule has 0 spiro atoms. The van der Waals surface area contributed by atoms with Crippen LogP contribution in [0.15, 0.2) is 30.5 Å². The summed E-state index contributed by atoms with van der Waals surface area (Å²) in [6, 6.07) is 6.37. The molecule has 1 aliphatic rings. The summed E-state index contributed by atoms with van der Waals surface area (Å²) in [6.07, 6.45) is 3.69. The number of hydrogen-bond donors (Lipinski definition) is 1. The Morgan fingerprint density at radius 1 is 0.950 bits per heavy atom. The van der Waals surface area contributed by atoms with E-state index in [2.05, 4.69) is 52.8 Å². The molecule has 1 fully saturated rings. The number of rotatable bonds is 7. The minimum Gasteiger partial charge on any atom is -0.359 e. The SMILES string of the molecule is CC(C)S(C)(C(C)C)C(C)C.N#Cc1cc(C(OC2CCCCO2)c2c(F)c(F)c3[nH]ccc3c2F)ccc1F. The molecule has 0 radical (unpaired) electrons. The summed E-state index contributed by atoms with van der Waals surface area (Å²) in [5.41, 5.74) is -1.15. The zero-order valence-electron chi connectivity index (χ0n) is 24.3. The van der Waals surface area contributed by atoms with Crippen molar-refractivity contribution < 1.29 is 27.0 Å². The van der Waals surface area contributed by atoms with Crippen LogP contribution in [0.25, 0.3) is 10.9 Å². The first-order valence-corrected chi connectivity index (χ1v) is 15.9. The molecular formula is C31H40F4N2O2S. The fourth-order valence-electron chi connectivity index (χ4n) is 5.14. The van der Waals surface area contributed by atoms with Crippen molar-refractivity contribution in [2.45, 2.75) is 88.9 Å². The fraction of sp³-hybridized carbons (Fsp3) is 0.516. The minimum absolute atomic E-state index is 0.115. The smallest absolute Gasteiger partial charge is 0.183 e. The second kappa shape index (κ2) is 13.4. The van der Waals surface area contributed by atoms with Crippen LogP contribution >= 0.6 is 10.0 Å². The third-order valence-corrected chi connectivity index (χ3v) is 14.1. The first-order valence-electron chi connectivity index (χ1n) is 13.7. The molecule has 1 aromatic heterocycles. The van der Waals surface area contributed by atoms with E-state index >= 15 is 4.39 Å². The Bertz CT molecular complexity index is 1320. The number of nitriles is 1. The van der Waals surface area contributed by atoms with Gasteiger partial charge in [0.2, 0.25) is 0 Å². The van der Waals surface area contributed by atoms with Gasteiger partial charge >= 0.3 is 0 Å². The van der Waals surface area contributed by atoms with Gasteiger partial charge in [-0.1, -0.05) is 47.6 Å². The van der Waals surface area contributed by atoms with Crippen molar-refractivity contribution >= 4 is 20.9 Å². The van der Waals surface area contributed by atoms with Crippen molar-refractivity contribution in [2.24, 2.45) is 0 Å². The molecule has 4 rings (SSSR count). The van der Waals surface area contributed by atoms with Gasteiger partial charge in [0.05, 0.1) is 16.6 Å². The van der Waals surface area contributed by atoms with Gasteiger partial charge in [-0.25, -0.2) is 27.6 Å². The van der Waals surface area contributed by atoms with Gasteiger partial charge < -0.3 is 14.5 Å². The summed E-state index contributed by atoms with van der Waals surface area (Å²) >= 11 is 0. The lowest BCUT2D eigenvalue weighted by molar-refractivity contribution is -0.182. The summed E-state index contributed by atoms with van der Waals surface area (Å²) in [7, 11) is -0.389. The van der Waals surface area contributed by atoms with E-state index < -0.39 is 41.2 Å². The average Bonchev–Trinajstić information content (AvgIpc) is 3.42. The number of aromatic nitrogens is 1. The van der Waals surface area contributed by atoms with E-state index in [0.29, 0.717) is 13.0 Å². The van der Waals surface area contributed by atoms with Crippen LogP contribution in [0.4, 0.5) is 17.6 Å². The number of nitrogens with one attached hydrogen (secondary N) is 1. The largest absolute Gasteiger partial charge is 0.359 e. The number of fused-ring (bicyclic) bond motifs is 1. The van der Waals surface area contributed by atoms with Gasteiger partial charge in [0.1, 0.15) is 23.8 Å². The molecular weight excluding hydrogens is 540 g/mol. The zero-order valence-corrected chi connectivity index (χ0v) is 25.1. The first-order chi connectivity index (χ1) is 18.8. The maximum Gasteiger partial charge on any atom is 0.183 e. The normalized spacial score (nSPS) is 17.2. The number of aromatic amines is 1. The van der Waals surface area contributed by atoms with Crippen molar-refractivity contribution in [2.75, 3.05) is 12.9 Å². The van der Waals surface area contributed by atoms with Crippen molar-refractivity contribution in [1.29, 1.82) is 5.26 Å². The molecule has 4 nitrogen and oxygen atoms in total. The van der Waals surface area contributed by atoms with Crippen LogP contribution in [-0.4, -0.2) is 39.9 Å². The standard InChI is InChI=1S/C21H16F4N2O2.C10H24S/c22-14-5-4-11(9-12(14)10-26)21(29-15-3-1-2-8-28-15)16-17(23)13-6-7-27-20(13)19(25)18(16)24;1-8(2)11(7,9(3)4)10(5)6/h4-7,9,15,21,27H,1-3,8H2;8-10H,1-7H3. The Hall–Kier alpha value is -2.54. The van der Waals surface area contributed by atoms with Gasteiger partial charge in [0.25, 0.3) is 0 Å². The summed E-state index contributed by atoms with van der Waals surface area (Å²) in [5, 5.41) is 11.6. The van der Waals surface area contributed by atoms with Crippen LogP contribution in [0.5, 0.6) is 0 Å². The van der Waals surface area contributed by atoms with Crippen molar-refractivity contribution in [3.8, 4) is 6.07 Å². The highest BCUT2D eigenvalue weighted by molar-refractivity contribution is 8.34. The molecule has 220 valence electrons. The summed E-state index contributed by atoms with van der Waals surface area (Å²) in [5.74, 6) is -4.44. The molecule has 2 aromatic carbocycles. The molecule has 2 atom stereocenters. The predicted molar refractivity (Wildman–Crippen MR) is 155 cm³/mol. The fourth-order valence-corrected chi connectivity index (χ4v) is 8.41. The van der Waals surface area contributed by atoms with E-state index in [9.17, 15) is 13.2 Å². The zero-order chi connectivity index (χ0) is 29.8. The molecule has 0 bridgehead atoms. The van der Waals surface area contributed by atoms with E-state index in [1.807, 2.05) is 0 Å². The number of ether oxygens (including phenoxy) is 2. The van der Waals surface area contributed by atoms with Crippen LogP contribution in [-0.2, 0) is 9.47 Å². The van der Waals surface area contributed by atoms with E-state index in [-0.39, 0.29) is 32.1 Å². The number of nitrogens with zero attached hydrogens (tertiary/aromatic N) is 1. The van der Waals surface area contributed by atoms with Crippen molar-refractivity contribution in [1.82, 2.24) is 4.98 Å². The van der Waals surface area contributed by atoms with Crippen LogP contribution in [0, 0.1) is 34.6 Å². The summed E-state index contributed by atoms with van der Waals surface area (Å²) < 4.78 is 69.8. The Kier molecular flexibility index (Phi) is 10.7.